The van der Waals surface area contributed by atoms with E-state index in [1.165, 1.54) is 6.07 Å². The number of ether oxygens (including phenoxy) is 1. The van der Waals surface area contributed by atoms with Crippen molar-refractivity contribution in [1.82, 2.24) is 0 Å². The Hall–Kier alpha value is -2.62. The van der Waals surface area contributed by atoms with Gasteiger partial charge in [0.1, 0.15) is 11.3 Å². The quantitative estimate of drug-likeness (QED) is 0.632. The van der Waals surface area contributed by atoms with Gasteiger partial charge >= 0.3 is 5.97 Å². The zero-order valence-corrected chi connectivity index (χ0v) is 11.1. The van der Waals surface area contributed by atoms with Crippen LogP contribution in [-0.4, -0.2) is 22.6 Å². The van der Waals surface area contributed by atoms with Crippen LogP contribution in [0.4, 0.5) is 5.69 Å². The van der Waals surface area contributed by atoms with Gasteiger partial charge in [-0.05, 0) is 26.3 Å². The highest BCUT2D eigenvalue weighted by Gasteiger charge is 2.21. The molecule has 1 rings (SSSR count). The van der Waals surface area contributed by atoms with Crippen molar-refractivity contribution in [2.24, 2.45) is 5.41 Å². The Morgan fingerprint density at radius 1 is 1.55 bits per heavy atom. The van der Waals surface area contributed by atoms with E-state index in [9.17, 15) is 14.9 Å². The second-order valence-corrected chi connectivity index (χ2v) is 4.84. The van der Waals surface area contributed by atoms with Gasteiger partial charge < -0.3 is 9.84 Å². The molecule has 0 spiro atoms. The Kier molecular flexibility index (Phi) is 4.64. The minimum Gasteiger partial charge on any atom is -0.494 e. The van der Waals surface area contributed by atoms with E-state index in [4.69, 9.17) is 15.1 Å². The molecule has 0 saturated heterocycles. The van der Waals surface area contributed by atoms with Gasteiger partial charge in [-0.15, -0.1) is 0 Å². The summed E-state index contributed by atoms with van der Waals surface area (Å²) in [5.74, 6) is -1.17. The Bertz CT molecular complexity index is 575. The number of rotatable bonds is 6. The van der Waals surface area contributed by atoms with Crippen LogP contribution in [0, 0.1) is 26.9 Å². The predicted molar refractivity (Wildman–Crippen MR) is 69.6 cm³/mol. The monoisotopic (exact) mass is 278 g/mol. The second kappa shape index (κ2) is 6.02. The van der Waals surface area contributed by atoms with Crippen molar-refractivity contribution in [3.63, 3.8) is 0 Å². The number of nitro benzene ring substituents is 1. The maximum Gasteiger partial charge on any atom is 0.342 e. The van der Waals surface area contributed by atoms with E-state index in [-0.39, 0.29) is 12.4 Å². The first-order chi connectivity index (χ1) is 9.26. The molecule has 0 fully saturated rings. The molecule has 0 heterocycles. The number of hydrogen-bond donors (Lipinski definition) is 1. The predicted octanol–water partition coefficient (Wildman–Crippen LogP) is 2.61. The van der Waals surface area contributed by atoms with E-state index in [0.717, 1.165) is 12.1 Å². The lowest BCUT2D eigenvalue weighted by Gasteiger charge is -2.15. The molecule has 1 aromatic rings. The topological polar surface area (TPSA) is 113 Å². The van der Waals surface area contributed by atoms with E-state index in [2.05, 4.69) is 6.07 Å². The average molecular weight is 278 g/mol. The third kappa shape index (κ3) is 3.95. The van der Waals surface area contributed by atoms with Crippen molar-refractivity contribution in [3.05, 3.63) is 33.9 Å². The van der Waals surface area contributed by atoms with Gasteiger partial charge in [0.2, 0.25) is 0 Å². The van der Waals surface area contributed by atoms with E-state index in [0.29, 0.717) is 6.42 Å². The normalized spacial score (nSPS) is 10.7. The molecule has 0 radical (unpaired) electrons. The molecule has 0 aromatic heterocycles. The van der Waals surface area contributed by atoms with Gasteiger partial charge in [-0.2, -0.15) is 5.26 Å². The number of nitriles is 1. The van der Waals surface area contributed by atoms with Crippen molar-refractivity contribution >= 4 is 11.7 Å². The summed E-state index contributed by atoms with van der Waals surface area (Å²) in [6, 6.07) is 5.66. The van der Waals surface area contributed by atoms with Crippen LogP contribution in [0.25, 0.3) is 0 Å². The third-order valence-electron chi connectivity index (χ3n) is 2.69. The lowest BCUT2D eigenvalue weighted by Crippen LogP contribution is -2.13. The summed E-state index contributed by atoms with van der Waals surface area (Å²) in [4.78, 5) is 20.9. The molecular formula is C13H14N2O5. The average Bonchev–Trinajstić information content (AvgIpc) is 2.38. The van der Waals surface area contributed by atoms with Crippen molar-refractivity contribution in [2.75, 3.05) is 6.61 Å². The molecule has 20 heavy (non-hydrogen) atoms. The highest BCUT2D eigenvalue weighted by molar-refractivity contribution is 5.92. The number of benzene rings is 1. The standard InChI is InChI=1S/C13H14N2O5/c1-13(2,8-14)5-6-20-9-3-4-11(15(18)19)10(7-9)12(16)17/h3-4,7H,5-6H2,1-2H3,(H,16,17). The van der Waals surface area contributed by atoms with Crippen LogP contribution < -0.4 is 4.74 Å². The molecule has 0 amide bonds. The first-order valence-electron chi connectivity index (χ1n) is 5.82. The Morgan fingerprint density at radius 2 is 2.20 bits per heavy atom. The van der Waals surface area contributed by atoms with Crippen LogP contribution in [-0.2, 0) is 0 Å². The number of hydrogen-bond acceptors (Lipinski definition) is 5. The largest absolute Gasteiger partial charge is 0.494 e. The van der Waals surface area contributed by atoms with Gasteiger partial charge in [-0.1, -0.05) is 0 Å². The maximum absolute atomic E-state index is 11.0. The molecular weight excluding hydrogens is 264 g/mol. The number of aromatic carboxylic acids is 1. The van der Waals surface area contributed by atoms with Gasteiger partial charge in [0, 0.05) is 12.1 Å². The fourth-order valence-electron chi connectivity index (χ4n) is 1.42. The zero-order chi connectivity index (χ0) is 15.3. The molecule has 7 heteroatoms. The number of nitro groups is 1. The van der Waals surface area contributed by atoms with Gasteiger partial charge in [0.15, 0.2) is 0 Å². The SMILES string of the molecule is CC(C)(C#N)CCOc1ccc([N+](=O)[O-])c(C(=O)O)c1. The summed E-state index contributed by atoms with van der Waals surface area (Å²) in [5, 5.41) is 28.5. The smallest absolute Gasteiger partial charge is 0.342 e. The van der Waals surface area contributed by atoms with Crippen LogP contribution in [0.3, 0.4) is 0 Å². The highest BCUT2D eigenvalue weighted by Crippen LogP contribution is 2.25. The molecule has 7 nitrogen and oxygen atoms in total. The van der Waals surface area contributed by atoms with E-state index < -0.39 is 27.6 Å². The van der Waals surface area contributed by atoms with Crippen LogP contribution >= 0.6 is 0 Å². The third-order valence-corrected chi connectivity index (χ3v) is 2.69. The number of carboxylic acids is 1. The fourth-order valence-corrected chi connectivity index (χ4v) is 1.42. The molecule has 0 aliphatic rings. The van der Waals surface area contributed by atoms with E-state index in [1.807, 2.05) is 0 Å². The van der Waals surface area contributed by atoms with Crippen LogP contribution in [0.15, 0.2) is 18.2 Å². The van der Waals surface area contributed by atoms with Gasteiger partial charge in [0.05, 0.1) is 23.0 Å². The molecule has 1 aromatic carbocycles. The Balaban J connectivity index is 2.84. The summed E-state index contributed by atoms with van der Waals surface area (Å²) in [6.07, 6.45) is 0.461. The van der Waals surface area contributed by atoms with E-state index >= 15 is 0 Å². The van der Waals surface area contributed by atoms with Crippen LogP contribution in [0.1, 0.15) is 30.6 Å². The molecule has 0 bridgehead atoms. The summed E-state index contributed by atoms with van der Waals surface area (Å²) in [5.41, 5.74) is -1.45. The summed E-state index contributed by atoms with van der Waals surface area (Å²) < 4.78 is 5.33. The highest BCUT2D eigenvalue weighted by atomic mass is 16.6. The van der Waals surface area contributed by atoms with Gasteiger partial charge in [-0.25, -0.2) is 4.79 Å². The summed E-state index contributed by atoms with van der Waals surface area (Å²) in [7, 11) is 0. The molecule has 0 unspecified atom stereocenters. The first-order valence-corrected chi connectivity index (χ1v) is 5.82. The lowest BCUT2D eigenvalue weighted by molar-refractivity contribution is -0.385. The molecule has 0 saturated carbocycles. The van der Waals surface area contributed by atoms with Gasteiger partial charge in [-0.3, -0.25) is 10.1 Å². The van der Waals surface area contributed by atoms with Crippen molar-refractivity contribution < 1.29 is 19.6 Å². The number of carboxylic acid groups (broad SMARTS) is 1. The second-order valence-electron chi connectivity index (χ2n) is 4.84. The van der Waals surface area contributed by atoms with Crippen molar-refractivity contribution in [2.45, 2.75) is 20.3 Å². The van der Waals surface area contributed by atoms with Crippen LogP contribution in [0.2, 0.25) is 0 Å². The number of nitrogens with zero attached hydrogens (tertiary/aromatic N) is 2. The number of carbonyl (C=O) groups is 1. The summed E-state index contributed by atoms with van der Waals surface area (Å²) >= 11 is 0. The maximum atomic E-state index is 11.0. The lowest BCUT2D eigenvalue weighted by atomic mass is 9.92. The Morgan fingerprint density at radius 3 is 2.70 bits per heavy atom. The van der Waals surface area contributed by atoms with Crippen molar-refractivity contribution in [1.29, 1.82) is 5.26 Å². The van der Waals surface area contributed by atoms with Crippen LogP contribution in [0.5, 0.6) is 5.75 Å². The Labute approximate surface area is 115 Å². The minimum absolute atomic E-state index is 0.220. The molecule has 0 aliphatic heterocycles. The zero-order valence-electron chi connectivity index (χ0n) is 11.1. The first kappa shape index (κ1) is 15.4. The van der Waals surface area contributed by atoms with Gasteiger partial charge in [0.25, 0.3) is 5.69 Å². The summed E-state index contributed by atoms with van der Waals surface area (Å²) in [6.45, 7) is 3.74. The molecule has 0 aliphatic carbocycles. The molecule has 106 valence electrons. The fraction of sp³-hybridized carbons (Fsp3) is 0.385. The van der Waals surface area contributed by atoms with E-state index in [1.54, 1.807) is 13.8 Å². The molecule has 0 atom stereocenters. The minimum atomic E-state index is -1.39. The van der Waals surface area contributed by atoms with Crippen molar-refractivity contribution in [3.8, 4) is 11.8 Å². The molecule has 1 N–H and O–H groups in total.